The maximum absolute atomic E-state index is 11.7. The molecule has 5 heteroatoms. The van der Waals surface area contributed by atoms with Crippen molar-refractivity contribution in [3.05, 3.63) is 0 Å². The molecular formula is C14H26N2O3. The van der Waals surface area contributed by atoms with Gasteiger partial charge >= 0.3 is 5.97 Å². The van der Waals surface area contributed by atoms with Gasteiger partial charge in [0.15, 0.2) is 0 Å². The second-order valence-electron chi connectivity index (χ2n) is 6.19. The van der Waals surface area contributed by atoms with E-state index in [1.54, 1.807) is 0 Å². The number of carbonyl (C=O) groups is 1. The standard InChI is InChI=1S/C14H26N2O3/c1-15(2)12-4-3-7-16(10-12)11-14(13(17)18)5-8-19-9-6-14/h12H,3-11H2,1-2H3,(H,17,18). The normalized spacial score (nSPS) is 28.5. The molecule has 0 aliphatic carbocycles. The Morgan fingerprint density at radius 1 is 1.42 bits per heavy atom. The van der Waals surface area contributed by atoms with Crippen molar-refractivity contribution in [3.8, 4) is 0 Å². The number of likely N-dealkylation sites (N-methyl/N-ethyl adjacent to an activating group) is 1. The van der Waals surface area contributed by atoms with Crippen LogP contribution in [0.25, 0.3) is 0 Å². The van der Waals surface area contributed by atoms with Gasteiger partial charge in [-0.05, 0) is 46.3 Å². The first kappa shape index (κ1) is 14.8. The van der Waals surface area contributed by atoms with Gasteiger partial charge in [0.05, 0.1) is 5.41 Å². The third-order valence-corrected chi connectivity index (χ3v) is 4.64. The highest BCUT2D eigenvalue weighted by Gasteiger charge is 2.42. The molecule has 110 valence electrons. The highest BCUT2D eigenvalue weighted by Crippen LogP contribution is 2.33. The van der Waals surface area contributed by atoms with Gasteiger partial charge in [0.25, 0.3) is 0 Å². The predicted molar refractivity (Wildman–Crippen MR) is 73.3 cm³/mol. The molecule has 2 fully saturated rings. The summed E-state index contributed by atoms with van der Waals surface area (Å²) in [6, 6.07) is 0.555. The molecule has 1 atom stereocenters. The highest BCUT2D eigenvalue weighted by atomic mass is 16.5. The van der Waals surface area contributed by atoms with Crippen LogP contribution >= 0.6 is 0 Å². The average molecular weight is 270 g/mol. The van der Waals surface area contributed by atoms with Crippen LogP contribution in [0.3, 0.4) is 0 Å². The van der Waals surface area contributed by atoms with Gasteiger partial charge < -0.3 is 19.6 Å². The van der Waals surface area contributed by atoms with E-state index < -0.39 is 11.4 Å². The third kappa shape index (κ3) is 3.46. The maximum atomic E-state index is 11.7. The second kappa shape index (κ2) is 6.20. The van der Waals surface area contributed by atoms with Crippen molar-refractivity contribution < 1.29 is 14.6 Å². The number of carboxylic acid groups (broad SMARTS) is 1. The molecule has 0 aromatic heterocycles. The molecule has 2 saturated heterocycles. The topological polar surface area (TPSA) is 53.0 Å². The lowest BCUT2D eigenvalue weighted by atomic mass is 9.79. The van der Waals surface area contributed by atoms with Crippen molar-refractivity contribution in [3.63, 3.8) is 0 Å². The minimum Gasteiger partial charge on any atom is -0.481 e. The van der Waals surface area contributed by atoms with Crippen LogP contribution in [-0.4, -0.2) is 73.9 Å². The molecule has 0 spiro atoms. The molecule has 1 unspecified atom stereocenters. The van der Waals surface area contributed by atoms with Gasteiger partial charge in [0.1, 0.15) is 0 Å². The van der Waals surface area contributed by atoms with Crippen LogP contribution in [0.2, 0.25) is 0 Å². The van der Waals surface area contributed by atoms with E-state index in [0.717, 1.165) is 19.5 Å². The Balaban J connectivity index is 1.99. The molecule has 0 amide bonds. The lowest BCUT2D eigenvalue weighted by molar-refractivity contribution is -0.157. The molecular weight excluding hydrogens is 244 g/mol. The van der Waals surface area contributed by atoms with Gasteiger partial charge in [-0.25, -0.2) is 0 Å². The summed E-state index contributed by atoms with van der Waals surface area (Å²) in [4.78, 5) is 16.3. The first-order chi connectivity index (χ1) is 9.03. The van der Waals surface area contributed by atoms with E-state index in [-0.39, 0.29) is 0 Å². The molecule has 2 aliphatic heterocycles. The quantitative estimate of drug-likeness (QED) is 0.822. The second-order valence-corrected chi connectivity index (χ2v) is 6.19. The molecule has 2 aliphatic rings. The van der Waals surface area contributed by atoms with Crippen LogP contribution in [0.4, 0.5) is 0 Å². The fourth-order valence-electron chi connectivity index (χ4n) is 3.23. The smallest absolute Gasteiger partial charge is 0.311 e. The number of rotatable bonds is 4. The molecule has 0 saturated carbocycles. The molecule has 0 aromatic carbocycles. The number of aliphatic carboxylic acids is 1. The predicted octanol–water partition coefficient (Wildman–Crippen LogP) is 0.894. The van der Waals surface area contributed by atoms with E-state index in [0.29, 0.717) is 38.6 Å². The number of hydrogen-bond donors (Lipinski definition) is 1. The van der Waals surface area contributed by atoms with Crippen molar-refractivity contribution >= 4 is 5.97 Å². The van der Waals surface area contributed by atoms with E-state index in [1.165, 1.54) is 6.42 Å². The van der Waals surface area contributed by atoms with E-state index in [2.05, 4.69) is 23.9 Å². The largest absolute Gasteiger partial charge is 0.481 e. The Kier molecular flexibility index (Phi) is 4.81. The van der Waals surface area contributed by atoms with Crippen molar-refractivity contribution in [2.75, 3.05) is 46.9 Å². The summed E-state index contributed by atoms with van der Waals surface area (Å²) in [6.07, 6.45) is 3.67. The van der Waals surface area contributed by atoms with Crippen LogP contribution in [0.15, 0.2) is 0 Å². The molecule has 1 N–H and O–H groups in total. The molecule has 0 bridgehead atoms. The van der Waals surface area contributed by atoms with Crippen LogP contribution in [0, 0.1) is 5.41 Å². The third-order valence-electron chi connectivity index (χ3n) is 4.64. The zero-order valence-electron chi connectivity index (χ0n) is 12.1. The SMILES string of the molecule is CN(C)C1CCCN(CC2(C(=O)O)CCOCC2)C1. The Hall–Kier alpha value is -0.650. The van der Waals surface area contributed by atoms with E-state index >= 15 is 0 Å². The molecule has 2 heterocycles. The summed E-state index contributed by atoms with van der Waals surface area (Å²) in [6.45, 7) is 3.85. The number of carboxylic acids is 1. The van der Waals surface area contributed by atoms with E-state index in [9.17, 15) is 9.90 Å². The summed E-state index contributed by atoms with van der Waals surface area (Å²) in [5.74, 6) is -0.650. The summed E-state index contributed by atoms with van der Waals surface area (Å²) < 4.78 is 5.33. The first-order valence-corrected chi connectivity index (χ1v) is 7.23. The summed E-state index contributed by atoms with van der Waals surface area (Å²) in [5.41, 5.74) is -0.591. The van der Waals surface area contributed by atoms with Gasteiger partial charge in [-0.3, -0.25) is 4.79 Å². The minimum atomic E-state index is -0.650. The van der Waals surface area contributed by atoms with Crippen LogP contribution < -0.4 is 0 Å². The number of piperidine rings is 1. The molecule has 19 heavy (non-hydrogen) atoms. The van der Waals surface area contributed by atoms with Gasteiger partial charge in [-0.15, -0.1) is 0 Å². The number of nitrogens with zero attached hydrogens (tertiary/aromatic N) is 2. The van der Waals surface area contributed by atoms with Crippen LogP contribution in [0.1, 0.15) is 25.7 Å². The number of ether oxygens (including phenoxy) is 1. The van der Waals surface area contributed by atoms with E-state index in [1.807, 2.05) is 0 Å². The average Bonchev–Trinajstić information content (AvgIpc) is 2.40. The van der Waals surface area contributed by atoms with Crippen molar-refractivity contribution in [2.24, 2.45) is 5.41 Å². The van der Waals surface area contributed by atoms with Gasteiger partial charge in [0.2, 0.25) is 0 Å². The van der Waals surface area contributed by atoms with Gasteiger partial charge in [-0.2, -0.15) is 0 Å². The Morgan fingerprint density at radius 2 is 2.11 bits per heavy atom. The molecule has 5 nitrogen and oxygen atoms in total. The summed E-state index contributed by atoms with van der Waals surface area (Å²) in [7, 11) is 4.21. The van der Waals surface area contributed by atoms with Gasteiger partial charge in [-0.1, -0.05) is 0 Å². The zero-order chi connectivity index (χ0) is 13.9. The summed E-state index contributed by atoms with van der Waals surface area (Å²) >= 11 is 0. The first-order valence-electron chi connectivity index (χ1n) is 7.23. The Bertz CT molecular complexity index is 314. The van der Waals surface area contributed by atoms with Crippen LogP contribution in [-0.2, 0) is 9.53 Å². The molecule has 0 aromatic rings. The van der Waals surface area contributed by atoms with Crippen LogP contribution in [0.5, 0.6) is 0 Å². The van der Waals surface area contributed by atoms with Crippen molar-refractivity contribution in [1.82, 2.24) is 9.80 Å². The number of likely N-dealkylation sites (tertiary alicyclic amines) is 1. The van der Waals surface area contributed by atoms with Crippen molar-refractivity contribution in [1.29, 1.82) is 0 Å². The summed E-state index contributed by atoms with van der Waals surface area (Å²) in [5, 5.41) is 9.60. The minimum absolute atomic E-state index is 0.555. The molecule has 0 radical (unpaired) electrons. The fraction of sp³-hybridized carbons (Fsp3) is 0.929. The van der Waals surface area contributed by atoms with Gasteiger partial charge in [0, 0.05) is 32.3 Å². The molecule has 2 rings (SSSR count). The highest BCUT2D eigenvalue weighted by molar-refractivity contribution is 5.75. The lowest BCUT2D eigenvalue weighted by Gasteiger charge is -2.42. The number of hydrogen-bond acceptors (Lipinski definition) is 4. The lowest BCUT2D eigenvalue weighted by Crippen LogP contribution is -2.52. The van der Waals surface area contributed by atoms with Crippen molar-refractivity contribution in [2.45, 2.75) is 31.7 Å². The maximum Gasteiger partial charge on any atom is 0.311 e. The van der Waals surface area contributed by atoms with E-state index in [4.69, 9.17) is 4.74 Å². The monoisotopic (exact) mass is 270 g/mol. The fourth-order valence-corrected chi connectivity index (χ4v) is 3.23. The zero-order valence-corrected chi connectivity index (χ0v) is 12.1. The Labute approximate surface area is 115 Å². The Morgan fingerprint density at radius 3 is 2.68 bits per heavy atom.